The van der Waals surface area contributed by atoms with Gasteiger partial charge < -0.3 is 9.80 Å². The first-order chi connectivity index (χ1) is 42.1. The van der Waals surface area contributed by atoms with Crippen LogP contribution < -0.4 is 9.80 Å². The number of halogens is 2. The molecule has 414 valence electrons. The highest BCUT2D eigenvalue weighted by Crippen LogP contribution is 2.54. The second kappa shape index (κ2) is 24.2. The molecule has 0 fully saturated rings. The Bertz CT molecular complexity index is 4080. The van der Waals surface area contributed by atoms with Crippen molar-refractivity contribution < 1.29 is 0 Å². The van der Waals surface area contributed by atoms with E-state index in [-0.39, 0.29) is 5.41 Å². The lowest BCUT2D eigenvalue weighted by Crippen LogP contribution is -2.19. The van der Waals surface area contributed by atoms with E-state index in [9.17, 15) is 0 Å². The molecule has 0 bridgehead atoms. The van der Waals surface area contributed by atoms with E-state index in [0.717, 1.165) is 129 Å². The molecule has 0 aliphatic carbocycles. The Morgan fingerprint density at radius 1 is 0.256 bits per heavy atom. The fraction of sp³-hybridized carbons (Fsp3) is 0.0500. The van der Waals surface area contributed by atoms with Crippen molar-refractivity contribution >= 4 is 57.3 Å². The van der Waals surface area contributed by atoms with Gasteiger partial charge in [0, 0.05) is 44.8 Å². The standard InChI is InChI=1S/C80H60Cl2N4/c1-80(2,3)65-48-66(85(68-51-74(83-76(81)53-68)61-40-24-10-25-41-61)78-70(57-32-16-6-17-33-57)44-63(55-28-12-4-13-29-55)45-71(78)58-34-18-7-19-35-58)50-67(49-65)86(69-52-75(84-77(82)54-69)62-42-26-11-27-43-62)79-72(59-36-20-8-21-37-59)46-64(56-30-14-5-15-31-56)47-73(79)60-38-22-9-23-39-60/h4-54H,1-3H3. The molecule has 0 spiro atoms. The van der Waals surface area contributed by atoms with Crippen LogP contribution in [0.2, 0.25) is 10.3 Å². The highest BCUT2D eigenvalue weighted by atomic mass is 35.5. The molecular formula is C80H60Cl2N4. The Labute approximate surface area is 514 Å². The summed E-state index contributed by atoms with van der Waals surface area (Å²) in [5.74, 6) is 0. The lowest BCUT2D eigenvalue weighted by atomic mass is 9.85. The number of nitrogens with zero attached hydrogens (tertiary/aromatic N) is 4. The van der Waals surface area contributed by atoms with Crippen LogP contribution in [0, 0.1) is 0 Å². The molecule has 11 aromatic carbocycles. The molecule has 0 saturated heterocycles. The number of rotatable bonds is 14. The molecule has 0 radical (unpaired) electrons. The largest absolute Gasteiger partial charge is 0.309 e. The van der Waals surface area contributed by atoms with Crippen LogP contribution in [-0.2, 0) is 5.41 Å². The van der Waals surface area contributed by atoms with E-state index in [1.165, 1.54) is 0 Å². The first kappa shape index (κ1) is 55.1. The van der Waals surface area contributed by atoms with E-state index in [0.29, 0.717) is 10.3 Å². The summed E-state index contributed by atoms with van der Waals surface area (Å²) in [6, 6.07) is 110. The van der Waals surface area contributed by atoms with Gasteiger partial charge >= 0.3 is 0 Å². The normalized spacial score (nSPS) is 11.3. The van der Waals surface area contributed by atoms with E-state index < -0.39 is 0 Å². The van der Waals surface area contributed by atoms with Crippen molar-refractivity contribution in [2.24, 2.45) is 0 Å². The predicted molar refractivity (Wildman–Crippen MR) is 364 cm³/mol. The third-order valence-electron chi connectivity index (χ3n) is 15.7. The van der Waals surface area contributed by atoms with Crippen LogP contribution in [0.5, 0.6) is 0 Å². The monoisotopic (exact) mass is 1150 g/mol. The summed E-state index contributed by atoms with van der Waals surface area (Å²) in [4.78, 5) is 14.9. The fourth-order valence-corrected chi connectivity index (χ4v) is 11.9. The van der Waals surface area contributed by atoms with Gasteiger partial charge in [0.15, 0.2) is 0 Å². The third-order valence-corrected chi connectivity index (χ3v) is 16.1. The van der Waals surface area contributed by atoms with Crippen molar-refractivity contribution in [2.75, 3.05) is 9.80 Å². The van der Waals surface area contributed by atoms with Gasteiger partial charge in [0.05, 0.1) is 34.1 Å². The van der Waals surface area contributed by atoms with Crippen molar-refractivity contribution in [3.8, 4) is 89.3 Å². The van der Waals surface area contributed by atoms with Gasteiger partial charge in [-0.25, -0.2) is 9.97 Å². The second-order valence-corrected chi connectivity index (χ2v) is 23.3. The van der Waals surface area contributed by atoms with Crippen molar-refractivity contribution in [1.82, 2.24) is 9.97 Å². The zero-order chi connectivity index (χ0) is 58.6. The fourth-order valence-electron chi connectivity index (χ4n) is 11.5. The molecule has 4 nitrogen and oxygen atoms in total. The minimum Gasteiger partial charge on any atom is -0.309 e. The Morgan fingerprint density at radius 2 is 0.500 bits per heavy atom. The molecule has 0 aliphatic heterocycles. The van der Waals surface area contributed by atoms with Crippen LogP contribution in [0.25, 0.3) is 89.3 Å². The maximum atomic E-state index is 7.41. The molecule has 0 unspecified atom stereocenters. The van der Waals surface area contributed by atoms with E-state index in [2.05, 4.69) is 291 Å². The average Bonchev–Trinajstić information content (AvgIpc) is 0.857. The zero-order valence-electron chi connectivity index (χ0n) is 48.0. The Balaban J connectivity index is 1.20. The van der Waals surface area contributed by atoms with E-state index in [1.54, 1.807) is 0 Å². The molecule has 0 saturated carbocycles. The van der Waals surface area contributed by atoms with E-state index in [1.807, 2.05) is 48.5 Å². The first-order valence-corrected chi connectivity index (χ1v) is 29.8. The third kappa shape index (κ3) is 11.6. The molecule has 13 rings (SSSR count). The van der Waals surface area contributed by atoms with Gasteiger partial charge in [0.2, 0.25) is 0 Å². The van der Waals surface area contributed by atoms with Gasteiger partial charge in [0.1, 0.15) is 10.3 Å². The summed E-state index contributed by atoms with van der Waals surface area (Å²) >= 11 is 14.8. The van der Waals surface area contributed by atoms with Crippen molar-refractivity contribution in [3.63, 3.8) is 0 Å². The molecule has 13 aromatic rings. The number of benzene rings is 11. The molecule has 2 heterocycles. The Morgan fingerprint density at radius 3 is 0.767 bits per heavy atom. The summed E-state index contributed by atoms with van der Waals surface area (Å²) in [6.07, 6.45) is 0. The van der Waals surface area contributed by atoms with Crippen LogP contribution >= 0.6 is 23.2 Å². The highest BCUT2D eigenvalue weighted by molar-refractivity contribution is 6.30. The number of pyridine rings is 2. The quantitative estimate of drug-likeness (QED) is 0.102. The predicted octanol–water partition coefficient (Wildman–Crippen LogP) is 23.4. The van der Waals surface area contributed by atoms with Gasteiger partial charge in [-0.15, -0.1) is 0 Å². The van der Waals surface area contributed by atoms with Crippen LogP contribution in [-0.4, -0.2) is 9.97 Å². The minimum absolute atomic E-state index is 0.363. The smallest absolute Gasteiger partial charge is 0.131 e. The number of aromatic nitrogens is 2. The Kier molecular flexibility index (Phi) is 15.5. The number of hydrogen-bond donors (Lipinski definition) is 0. The maximum Gasteiger partial charge on any atom is 0.131 e. The highest BCUT2D eigenvalue weighted by Gasteiger charge is 2.31. The number of anilines is 6. The van der Waals surface area contributed by atoms with Crippen molar-refractivity contribution in [2.45, 2.75) is 26.2 Å². The second-order valence-electron chi connectivity index (χ2n) is 22.5. The van der Waals surface area contributed by atoms with Crippen molar-refractivity contribution in [3.05, 3.63) is 325 Å². The molecule has 0 aliphatic rings. The summed E-state index contributed by atoms with van der Waals surface area (Å²) in [6.45, 7) is 6.87. The molecule has 2 aromatic heterocycles. The average molecular weight is 1150 g/mol. The van der Waals surface area contributed by atoms with Crippen LogP contribution in [0.1, 0.15) is 26.3 Å². The summed E-state index contributed by atoms with van der Waals surface area (Å²) in [5.41, 5.74) is 22.2. The van der Waals surface area contributed by atoms with Crippen LogP contribution in [0.4, 0.5) is 34.1 Å². The van der Waals surface area contributed by atoms with Gasteiger partial charge in [-0.05, 0) is 122 Å². The maximum absolute atomic E-state index is 7.41. The van der Waals surface area contributed by atoms with E-state index in [4.69, 9.17) is 33.2 Å². The van der Waals surface area contributed by atoms with Crippen molar-refractivity contribution in [1.29, 1.82) is 0 Å². The summed E-state index contributed by atoms with van der Waals surface area (Å²) in [5, 5.41) is 0.726. The lowest BCUT2D eigenvalue weighted by Gasteiger charge is -2.36. The van der Waals surface area contributed by atoms with Crippen LogP contribution in [0.15, 0.2) is 309 Å². The van der Waals surface area contributed by atoms with Gasteiger partial charge in [-0.3, -0.25) is 0 Å². The molecular weight excluding hydrogens is 1090 g/mol. The topological polar surface area (TPSA) is 32.3 Å². The molecule has 0 atom stereocenters. The molecule has 0 N–H and O–H groups in total. The summed E-state index contributed by atoms with van der Waals surface area (Å²) < 4.78 is 0. The SMILES string of the molecule is CC(C)(C)c1cc(N(c2cc(Cl)nc(-c3ccccc3)c2)c2c(-c3ccccc3)cc(-c3ccccc3)cc2-c2ccccc2)cc(N(c2cc(Cl)nc(-c3ccccc3)c2)c2c(-c3ccccc3)cc(-c3ccccc3)cc2-c2ccccc2)c1. The summed E-state index contributed by atoms with van der Waals surface area (Å²) in [7, 11) is 0. The first-order valence-electron chi connectivity index (χ1n) is 29.0. The molecule has 6 heteroatoms. The minimum atomic E-state index is -0.387. The van der Waals surface area contributed by atoms with Gasteiger partial charge in [-0.2, -0.15) is 0 Å². The number of hydrogen-bond acceptors (Lipinski definition) is 4. The van der Waals surface area contributed by atoms with Gasteiger partial charge in [-0.1, -0.05) is 287 Å². The Hall–Kier alpha value is -10.1. The van der Waals surface area contributed by atoms with Gasteiger partial charge in [0.25, 0.3) is 0 Å². The van der Waals surface area contributed by atoms with E-state index >= 15 is 0 Å². The zero-order valence-corrected chi connectivity index (χ0v) is 49.5. The van der Waals surface area contributed by atoms with Crippen LogP contribution in [0.3, 0.4) is 0 Å². The molecule has 0 amide bonds. The lowest BCUT2D eigenvalue weighted by molar-refractivity contribution is 0.590. The molecule has 86 heavy (non-hydrogen) atoms.